The molecule has 0 aliphatic rings. The Morgan fingerprint density at radius 1 is 1.19 bits per heavy atom. The van der Waals surface area contributed by atoms with Crippen LogP contribution < -0.4 is 14.8 Å². The molecule has 3 rings (SSSR count). The maximum Gasteiger partial charge on any atom is 0.340 e. The van der Waals surface area contributed by atoms with E-state index in [1.54, 1.807) is 36.8 Å². The average Bonchev–Trinajstić information content (AvgIpc) is 3.43. The van der Waals surface area contributed by atoms with Gasteiger partial charge in [0.2, 0.25) is 5.91 Å². The van der Waals surface area contributed by atoms with Crippen molar-refractivity contribution in [2.45, 2.75) is 18.3 Å². The predicted octanol–water partition coefficient (Wildman–Crippen LogP) is 3.63. The number of carbonyl (C=O) groups excluding carboxylic acids is 2. The Morgan fingerprint density at radius 2 is 1.94 bits per heavy atom. The fourth-order valence-electron chi connectivity index (χ4n) is 2.63. The summed E-state index contributed by atoms with van der Waals surface area (Å²) in [6, 6.07) is 8.83. The largest absolute Gasteiger partial charge is 0.497 e. The Hall–Kier alpha value is -3.31. The van der Waals surface area contributed by atoms with E-state index in [4.69, 9.17) is 14.2 Å². The third kappa shape index (κ3) is 5.89. The van der Waals surface area contributed by atoms with E-state index in [0.29, 0.717) is 33.8 Å². The minimum Gasteiger partial charge on any atom is -0.497 e. The highest BCUT2D eigenvalue weighted by molar-refractivity contribution is 7.99. The molecule has 0 bridgehead atoms. The second-order valence-electron chi connectivity index (χ2n) is 6.25. The van der Waals surface area contributed by atoms with E-state index in [-0.39, 0.29) is 18.3 Å². The number of nitrogens with one attached hydrogen (secondary N) is 1. The second-order valence-corrected chi connectivity index (χ2v) is 8.11. The van der Waals surface area contributed by atoms with Gasteiger partial charge in [0.1, 0.15) is 23.1 Å². The molecule has 0 unspecified atom stereocenters. The molecule has 0 atom stereocenters. The third-order valence-corrected chi connectivity index (χ3v) is 5.98. The maximum absolute atomic E-state index is 12.4. The molecule has 0 saturated heterocycles. The molecule has 2 aromatic heterocycles. The highest BCUT2D eigenvalue weighted by atomic mass is 32.2. The molecule has 0 aliphatic heterocycles. The molecule has 1 aromatic carbocycles. The average molecular weight is 475 g/mol. The van der Waals surface area contributed by atoms with Crippen LogP contribution in [-0.4, -0.2) is 46.6 Å². The first-order chi connectivity index (χ1) is 15.5. The van der Waals surface area contributed by atoms with E-state index in [1.807, 2.05) is 16.7 Å². The van der Waals surface area contributed by atoms with Gasteiger partial charge in [0.05, 0.1) is 25.5 Å². The van der Waals surface area contributed by atoms with Crippen molar-refractivity contribution in [3.8, 4) is 11.5 Å². The molecule has 2 heterocycles. The number of anilines is 1. The molecule has 3 aromatic rings. The monoisotopic (exact) mass is 474 g/mol. The fraction of sp³-hybridized carbons (Fsp3) is 0.238. The van der Waals surface area contributed by atoms with E-state index in [2.05, 4.69) is 22.1 Å². The number of ether oxygens (including phenoxy) is 3. The number of allylic oxidation sites excluding steroid dienone is 1. The van der Waals surface area contributed by atoms with Crippen LogP contribution in [0.5, 0.6) is 11.5 Å². The first-order valence-electron chi connectivity index (χ1n) is 9.44. The predicted molar refractivity (Wildman–Crippen MR) is 123 cm³/mol. The van der Waals surface area contributed by atoms with E-state index in [9.17, 15) is 9.59 Å². The normalized spacial score (nSPS) is 10.4. The zero-order valence-corrected chi connectivity index (χ0v) is 19.2. The van der Waals surface area contributed by atoms with Crippen LogP contribution in [0.25, 0.3) is 0 Å². The van der Waals surface area contributed by atoms with Crippen LogP contribution in [0.15, 0.2) is 53.5 Å². The summed E-state index contributed by atoms with van der Waals surface area (Å²) in [5, 5.41) is 13.8. The molecule has 0 aliphatic carbocycles. The lowest BCUT2D eigenvalue weighted by molar-refractivity contribution is -0.113. The Bertz CT molecular complexity index is 1080. The van der Waals surface area contributed by atoms with Crippen LogP contribution in [-0.2, 0) is 22.7 Å². The van der Waals surface area contributed by atoms with Gasteiger partial charge >= 0.3 is 5.97 Å². The molecule has 11 heteroatoms. The van der Waals surface area contributed by atoms with Gasteiger partial charge in [-0.15, -0.1) is 28.1 Å². The molecule has 0 radical (unpaired) electrons. The standard InChI is InChI=1S/C21H22N4O5S2/c1-4-10-25-17(12-30-15-7-5-14(28-2)6-8-15)23-24-21(25)32-13-18(26)22-19-16(9-11-31-19)20(27)29-3/h4-9,11H,1,10,12-13H2,2-3H3,(H,22,26). The van der Waals surface area contributed by atoms with E-state index in [1.165, 1.54) is 30.2 Å². The topological polar surface area (TPSA) is 105 Å². The number of methoxy groups -OCH3 is 2. The first kappa shape index (κ1) is 23.4. The van der Waals surface area contributed by atoms with Gasteiger partial charge in [-0.3, -0.25) is 9.36 Å². The van der Waals surface area contributed by atoms with Crippen LogP contribution >= 0.6 is 23.1 Å². The Kier molecular flexibility index (Phi) is 8.28. The van der Waals surface area contributed by atoms with E-state index >= 15 is 0 Å². The highest BCUT2D eigenvalue weighted by Gasteiger charge is 2.17. The fourth-order valence-corrected chi connectivity index (χ4v) is 4.19. The summed E-state index contributed by atoms with van der Waals surface area (Å²) < 4.78 is 17.5. The van der Waals surface area contributed by atoms with Gasteiger partial charge in [0.25, 0.3) is 0 Å². The summed E-state index contributed by atoms with van der Waals surface area (Å²) in [4.78, 5) is 24.1. The SMILES string of the molecule is C=CCn1c(COc2ccc(OC)cc2)nnc1SCC(=O)Nc1sccc1C(=O)OC. The van der Waals surface area contributed by atoms with Gasteiger partial charge in [-0.1, -0.05) is 17.8 Å². The van der Waals surface area contributed by atoms with Gasteiger partial charge in [0.15, 0.2) is 11.0 Å². The van der Waals surface area contributed by atoms with Crippen molar-refractivity contribution < 1.29 is 23.8 Å². The zero-order chi connectivity index (χ0) is 22.9. The summed E-state index contributed by atoms with van der Waals surface area (Å²) in [6.45, 7) is 4.45. The highest BCUT2D eigenvalue weighted by Crippen LogP contribution is 2.25. The van der Waals surface area contributed by atoms with Gasteiger partial charge in [-0.25, -0.2) is 4.79 Å². The molecule has 0 spiro atoms. The number of hydrogen-bond donors (Lipinski definition) is 1. The lowest BCUT2D eigenvalue weighted by Gasteiger charge is -2.10. The molecule has 9 nitrogen and oxygen atoms in total. The molecule has 32 heavy (non-hydrogen) atoms. The molecular formula is C21H22N4O5S2. The Morgan fingerprint density at radius 3 is 2.62 bits per heavy atom. The van der Waals surface area contributed by atoms with Crippen molar-refractivity contribution in [3.63, 3.8) is 0 Å². The number of carbonyl (C=O) groups is 2. The van der Waals surface area contributed by atoms with E-state index in [0.717, 1.165) is 5.75 Å². The lowest BCUT2D eigenvalue weighted by Crippen LogP contribution is -2.16. The quantitative estimate of drug-likeness (QED) is 0.255. The van der Waals surface area contributed by atoms with Crippen molar-refractivity contribution in [2.24, 2.45) is 0 Å². The second kappa shape index (κ2) is 11.3. The molecule has 1 N–H and O–H groups in total. The van der Waals surface area contributed by atoms with Crippen molar-refractivity contribution in [2.75, 3.05) is 25.3 Å². The molecule has 168 valence electrons. The van der Waals surface area contributed by atoms with Gasteiger partial charge in [-0.05, 0) is 35.7 Å². The Labute approximate surface area is 193 Å². The number of aromatic nitrogens is 3. The number of thiophene rings is 1. The molecular weight excluding hydrogens is 452 g/mol. The maximum atomic E-state index is 12.4. The number of thioether (sulfide) groups is 1. The molecule has 0 saturated carbocycles. The van der Waals surface area contributed by atoms with Crippen LogP contribution in [0.4, 0.5) is 5.00 Å². The number of nitrogens with zero attached hydrogens (tertiary/aromatic N) is 3. The minimum absolute atomic E-state index is 0.0904. The summed E-state index contributed by atoms with van der Waals surface area (Å²) in [7, 11) is 2.90. The van der Waals surface area contributed by atoms with Crippen molar-refractivity contribution in [3.05, 3.63) is 59.8 Å². The van der Waals surface area contributed by atoms with E-state index < -0.39 is 5.97 Å². The summed E-state index contributed by atoms with van der Waals surface area (Å²) in [5.74, 6) is 1.34. The number of benzene rings is 1. The zero-order valence-electron chi connectivity index (χ0n) is 17.6. The lowest BCUT2D eigenvalue weighted by atomic mass is 10.3. The molecule has 1 amide bonds. The first-order valence-corrected chi connectivity index (χ1v) is 11.3. The van der Waals surface area contributed by atoms with Crippen LogP contribution in [0, 0.1) is 0 Å². The van der Waals surface area contributed by atoms with Crippen LogP contribution in [0.2, 0.25) is 0 Å². The number of amides is 1. The Balaban J connectivity index is 1.61. The van der Waals surface area contributed by atoms with Gasteiger partial charge in [-0.2, -0.15) is 0 Å². The van der Waals surface area contributed by atoms with Crippen molar-refractivity contribution >= 4 is 40.0 Å². The smallest absolute Gasteiger partial charge is 0.340 e. The third-order valence-electron chi connectivity index (χ3n) is 4.19. The van der Waals surface area contributed by atoms with Gasteiger partial charge in [0, 0.05) is 6.54 Å². The van der Waals surface area contributed by atoms with Crippen molar-refractivity contribution in [1.82, 2.24) is 14.8 Å². The number of hydrogen-bond acceptors (Lipinski definition) is 9. The van der Waals surface area contributed by atoms with Gasteiger partial charge < -0.3 is 19.5 Å². The summed E-state index contributed by atoms with van der Waals surface area (Å²) >= 11 is 2.48. The van der Waals surface area contributed by atoms with Crippen molar-refractivity contribution in [1.29, 1.82) is 0 Å². The summed E-state index contributed by atoms with van der Waals surface area (Å²) in [5.41, 5.74) is 0.323. The van der Waals surface area contributed by atoms with Crippen LogP contribution in [0.1, 0.15) is 16.2 Å². The molecule has 0 fully saturated rings. The summed E-state index contributed by atoms with van der Waals surface area (Å²) in [6.07, 6.45) is 1.72. The number of rotatable bonds is 11. The van der Waals surface area contributed by atoms with Crippen LogP contribution in [0.3, 0.4) is 0 Å². The number of esters is 1. The minimum atomic E-state index is -0.499.